The van der Waals surface area contributed by atoms with E-state index in [0.29, 0.717) is 17.7 Å². The molecular weight excluding hydrogens is 190 g/mol. The van der Waals surface area contributed by atoms with Crippen LogP contribution < -0.4 is 10.6 Å². The molecule has 0 bridgehead atoms. The molecule has 0 aliphatic carbocycles. The van der Waals surface area contributed by atoms with Crippen molar-refractivity contribution in [3.05, 3.63) is 17.5 Å². The highest BCUT2D eigenvalue weighted by molar-refractivity contribution is 5.33. The molecule has 0 aromatic carbocycles. The van der Waals surface area contributed by atoms with Crippen LogP contribution in [0, 0.1) is 18.3 Å². The third-order valence-corrected chi connectivity index (χ3v) is 2.03. The first-order chi connectivity index (χ1) is 7.15. The van der Waals surface area contributed by atoms with Gasteiger partial charge in [0.05, 0.1) is 0 Å². The SMILES string of the molecule is CNC(C)CNc1nc(C)cc(C#N)n1. The highest BCUT2D eigenvalue weighted by atomic mass is 15.1. The molecular formula is C10H15N5. The Bertz CT molecular complexity index is 369. The van der Waals surface area contributed by atoms with Crippen LogP contribution in [0.3, 0.4) is 0 Å². The summed E-state index contributed by atoms with van der Waals surface area (Å²) in [4.78, 5) is 8.23. The normalized spacial score (nSPS) is 11.9. The van der Waals surface area contributed by atoms with Crippen LogP contribution in [0.5, 0.6) is 0 Å². The molecule has 1 atom stereocenters. The van der Waals surface area contributed by atoms with E-state index >= 15 is 0 Å². The quantitative estimate of drug-likeness (QED) is 0.756. The van der Waals surface area contributed by atoms with E-state index in [-0.39, 0.29) is 0 Å². The number of nitrogens with one attached hydrogen (secondary N) is 2. The van der Waals surface area contributed by atoms with Crippen LogP contribution in [0.1, 0.15) is 18.3 Å². The topological polar surface area (TPSA) is 73.6 Å². The number of hydrogen-bond acceptors (Lipinski definition) is 5. The second-order valence-electron chi connectivity index (χ2n) is 3.40. The molecule has 1 aromatic rings. The van der Waals surface area contributed by atoms with Crippen molar-refractivity contribution < 1.29 is 0 Å². The van der Waals surface area contributed by atoms with Crippen LogP contribution in [0.2, 0.25) is 0 Å². The Balaban J connectivity index is 2.69. The maximum atomic E-state index is 8.73. The van der Waals surface area contributed by atoms with Crippen molar-refractivity contribution in [1.82, 2.24) is 15.3 Å². The van der Waals surface area contributed by atoms with E-state index in [0.717, 1.165) is 12.2 Å². The minimum Gasteiger partial charge on any atom is -0.353 e. The Hall–Kier alpha value is -1.67. The van der Waals surface area contributed by atoms with Crippen LogP contribution in [-0.4, -0.2) is 29.6 Å². The summed E-state index contributed by atoms with van der Waals surface area (Å²) in [5.74, 6) is 0.508. The number of aromatic nitrogens is 2. The smallest absolute Gasteiger partial charge is 0.224 e. The van der Waals surface area contributed by atoms with E-state index < -0.39 is 0 Å². The molecule has 0 aliphatic rings. The third-order valence-electron chi connectivity index (χ3n) is 2.03. The lowest BCUT2D eigenvalue weighted by molar-refractivity contribution is 0.635. The second kappa shape index (κ2) is 5.27. The molecule has 5 nitrogen and oxygen atoms in total. The third kappa shape index (κ3) is 3.52. The summed E-state index contributed by atoms with van der Waals surface area (Å²) in [7, 11) is 1.89. The van der Waals surface area contributed by atoms with E-state index in [9.17, 15) is 0 Å². The summed E-state index contributed by atoms with van der Waals surface area (Å²) in [5, 5.41) is 14.9. The zero-order valence-corrected chi connectivity index (χ0v) is 9.20. The lowest BCUT2D eigenvalue weighted by Gasteiger charge is -2.11. The summed E-state index contributed by atoms with van der Waals surface area (Å²) >= 11 is 0. The van der Waals surface area contributed by atoms with Gasteiger partial charge in [0.1, 0.15) is 11.8 Å². The highest BCUT2D eigenvalue weighted by Gasteiger charge is 2.02. The molecule has 0 amide bonds. The minimum atomic E-state index is 0.333. The van der Waals surface area contributed by atoms with Gasteiger partial charge in [-0.15, -0.1) is 0 Å². The van der Waals surface area contributed by atoms with Crippen LogP contribution in [-0.2, 0) is 0 Å². The monoisotopic (exact) mass is 205 g/mol. The van der Waals surface area contributed by atoms with Gasteiger partial charge in [0.15, 0.2) is 0 Å². The Morgan fingerprint density at radius 3 is 2.87 bits per heavy atom. The number of likely N-dealkylation sites (N-methyl/N-ethyl adjacent to an activating group) is 1. The van der Waals surface area contributed by atoms with Crippen LogP contribution >= 0.6 is 0 Å². The van der Waals surface area contributed by atoms with E-state index in [2.05, 4.69) is 20.6 Å². The van der Waals surface area contributed by atoms with Crippen molar-refractivity contribution >= 4 is 5.95 Å². The predicted octanol–water partition coefficient (Wildman–Crippen LogP) is 0.676. The Kier molecular flexibility index (Phi) is 4.01. The van der Waals surface area contributed by atoms with Gasteiger partial charge in [0.25, 0.3) is 0 Å². The number of anilines is 1. The van der Waals surface area contributed by atoms with E-state index in [1.165, 1.54) is 0 Å². The van der Waals surface area contributed by atoms with E-state index in [4.69, 9.17) is 5.26 Å². The van der Waals surface area contributed by atoms with E-state index in [1.807, 2.05) is 27.0 Å². The average Bonchev–Trinajstić information content (AvgIpc) is 2.25. The average molecular weight is 205 g/mol. The van der Waals surface area contributed by atoms with Crippen LogP contribution in [0.25, 0.3) is 0 Å². The lowest BCUT2D eigenvalue weighted by Crippen LogP contribution is -2.29. The number of nitriles is 1. The molecule has 2 N–H and O–H groups in total. The van der Waals surface area contributed by atoms with Crippen LogP contribution in [0.4, 0.5) is 5.95 Å². The number of aryl methyl sites for hydroxylation is 1. The van der Waals surface area contributed by atoms with Crippen molar-refractivity contribution in [3.63, 3.8) is 0 Å². The largest absolute Gasteiger partial charge is 0.353 e. The maximum Gasteiger partial charge on any atom is 0.224 e. The molecule has 0 saturated heterocycles. The first-order valence-electron chi connectivity index (χ1n) is 4.82. The molecule has 0 saturated carbocycles. The van der Waals surface area contributed by atoms with Gasteiger partial charge in [0, 0.05) is 18.3 Å². The lowest BCUT2D eigenvalue weighted by atomic mass is 10.3. The molecule has 0 fully saturated rings. The predicted molar refractivity (Wildman–Crippen MR) is 58.5 cm³/mol. The van der Waals surface area contributed by atoms with Crippen molar-refractivity contribution in [2.24, 2.45) is 0 Å². The summed E-state index contributed by atoms with van der Waals surface area (Å²) in [6.07, 6.45) is 0. The molecule has 1 aromatic heterocycles. The fraction of sp³-hybridized carbons (Fsp3) is 0.500. The summed E-state index contributed by atoms with van der Waals surface area (Å²) in [6.45, 7) is 4.62. The maximum absolute atomic E-state index is 8.73. The fourth-order valence-corrected chi connectivity index (χ4v) is 1.05. The van der Waals surface area contributed by atoms with Gasteiger partial charge in [0.2, 0.25) is 5.95 Å². The second-order valence-corrected chi connectivity index (χ2v) is 3.40. The summed E-state index contributed by atoms with van der Waals surface area (Å²) < 4.78 is 0. The minimum absolute atomic E-state index is 0.333. The molecule has 1 unspecified atom stereocenters. The number of hydrogen-bond donors (Lipinski definition) is 2. The molecule has 1 rings (SSSR count). The number of rotatable bonds is 4. The van der Waals surface area contributed by atoms with Gasteiger partial charge in [-0.1, -0.05) is 0 Å². The molecule has 15 heavy (non-hydrogen) atoms. The van der Waals surface area contributed by atoms with Gasteiger partial charge < -0.3 is 10.6 Å². The highest BCUT2D eigenvalue weighted by Crippen LogP contribution is 2.03. The van der Waals surface area contributed by atoms with E-state index in [1.54, 1.807) is 6.07 Å². The van der Waals surface area contributed by atoms with Gasteiger partial charge in [-0.3, -0.25) is 0 Å². The molecule has 0 radical (unpaired) electrons. The van der Waals surface area contributed by atoms with Gasteiger partial charge >= 0.3 is 0 Å². The molecule has 0 spiro atoms. The molecule has 5 heteroatoms. The fourth-order valence-electron chi connectivity index (χ4n) is 1.05. The zero-order valence-electron chi connectivity index (χ0n) is 9.20. The standard InChI is InChI=1S/C10H15N5/c1-7-4-9(5-11)15-10(14-7)13-6-8(2)12-3/h4,8,12H,6H2,1-3H3,(H,13,14,15). The van der Waals surface area contributed by atoms with Crippen molar-refractivity contribution in [1.29, 1.82) is 5.26 Å². The van der Waals surface area contributed by atoms with Crippen molar-refractivity contribution in [2.75, 3.05) is 18.9 Å². The summed E-state index contributed by atoms with van der Waals surface area (Å²) in [5.41, 5.74) is 1.18. The van der Waals surface area contributed by atoms with Crippen molar-refractivity contribution in [3.8, 4) is 6.07 Å². The first kappa shape index (κ1) is 11.4. The van der Waals surface area contributed by atoms with Gasteiger partial charge in [-0.2, -0.15) is 5.26 Å². The molecule has 1 heterocycles. The van der Waals surface area contributed by atoms with Crippen molar-refractivity contribution in [2.45, 2.75) is 19.9 Å². The Morgan fingerprint density at radius 2 is 2.27 bits per heavy atom. The number of nitrogens with zero attached hydrogens (tertiary/aromatic N) is 3. The van der Waals surface area contributed by atoms with Gasteiger partial charge in [-0.25, -0.2) is 9.97 Å². The molecule has 0 aliphatic heterocycles. The van der Waals surface area contributed by atoms with Gasteiger partial charge in [-0.05, 0) is 27.0 Å². The first-order valence-corrected chi connectivity index (χ1v) is 4.82. The Labute approximate surface area is 89.6 Å². The molecule has 80 valence electrons. The van der Waals surface area contributed by atoms with Crippen LogP contribution in [0.15, 0.2) is 6.07 Å². The Morgan fingerprint density at radius 1 is 1.53 bits per heavy atom. The zero-order chi connectivity index (χ0) is 11.3. The summed E-state index contributed by atoms with van der Waals surface area (Å²) in [6, 6.07) is 4.00.